The molecule has 2 aliphatic heterocycles. The van der Waals surface area contributed by atoms with Crippen LogP contribution >= 0.6 is 11.8 Å². The second-order valence-corrected chi connectivity index (χ2v) is 8.90. The standard InChI is InChI=1S/C21H24N6O2S/c1-28-18-15(4-8-23-19(18)22)30-17-3-2-14-20(26-17)24-12-16(25-14)27-9-5-21(6-10-27)7-11-29-13-21/h2-4,8,12H,5-7,9-11,13H2,1H3,(H2,22,23). The molecular weight excluding hydrogens is 400 g/mol. The molecule has 3 aromatic heterocycles. The highest BCUT2D eigenvalue weighted by Crippen LogP contribution is 2.40. The van der Waals surface area contributed by atoms with Gasteiger partial charge in [-0.05, 0) is 42.9 Å². The molecule has 5 heterocycles. The number of nitrogens with two attached hydrogens (primary N) is 1. The van der Waals surface area contributed by atoms with E-state index in [1.54, 1.807) is 13.3 Å². The van der Waals surface area contributed by atoms with Gasteiger partial charge < -0.3 is 20.1 Å². The Hall–Kier alpha value is -2.65. The van der Waals surface area contributed by atoms with E-state index in [1.807, 2.05) is 24.4 Å². The molecule has 2 saturated heterocycles. The van der Waals surface area contributed by atoms with Crippen LogP contribution in [-0.2, 0) is 4.74 Å². The zero-order valence-corrected chi connectivity index (χ0v) is 17.7. The number of ether oxygens (including phenoxy) is 2. The van der Waals surface area contributed by atoms with E-state index in [0.29, 0.717) is 22.6 Å². The minimum Gasteiger partial charge on any atom is -0.492 e. The normalized spacial score (nSPS) is 18.2. The monoisotopic (exact) mass is 424 g/mol. The Morgan fingerprint density at radius 3 is 2.77 bits per heavy atom. The van der Waals surface area contributed by atoms with Gasteiger partial charge in [-0.1, -0.05) is 11.8 Å². The third-order valence-corrected chi connectivity index (χ3v) is 6.99. The van der Waals surface area contributed by atoms with Crippen LogP contribution in [0.4, 0.5) is 11.6 Å². The number of aromatic nitrogens is 4. The summed E-state index contributed by atoms with van der Waals surface area (Å²) in [4.78, 5) is 21.3. The third kappa shape index (κ3) is 3.63. The zero-order chi connectivity index (χ0) is 20.6. The minimum absolute atomic E-state index is 0.361. The van der Waals surface area contributed by atoms with Crippen molar-refractivity contribution in [2.45, 2.75) is 29.2 Å². The van der Waals surface area contributed by atoms with Crippen LogP contribution in [0.15, 0.2) is 40.5 Å². The molecule has 2 N–H and O–H groups in total. The van der Waals surface area contributed by atoms with Crippen molar-refractivity contribution in [2.75, 3.05) is 44.0 Å². The Bertz CT molecular complexity index is 1060. The fourth-order valence-corrected chi connectivity index (χ4v) is 5.09. The summed E-state index contributed by atoms with van der Waals surface area (Å²) in [5, 5.41) is 0.801. The molecule has 0 aromatic carbocycles. The summed E-state index contributed by atoms with van der Waals surface area (Å²) in [6.45, 7) is 3.80. The lowest BCUT2D eigenvalue weighted by molar-refractivity contribution is 0.133. The Morgan fingerprint density at radius 1 is 1.13 bits per heavy atom. The van der Waals surface area contributed by atoms with Crippen molar-refractivity contribution in [3.8, 4) is 5.75 Å². The van der Waals surface area contributed by atoms with Crippen LogP contribution in [0.25, 0.3) is 11.2 Å². The molecule has 0 amide bonds. The van der Waals surface area contributed by atoms with Gasteiger partial charge in [0.2, 0.25) is 0 Å². The van der Waals surface area contributed by atoms with Crippen molar-refractivity contribution in [1.82, 2.24) is 19.9 Å². The Kier molecular flexibility index (Phi) is 5.08. The van der Waals surface area contributed by atoms with Gasteiger partial charge in [0, 0.05) is 25.9 Å². The van der Waals surface area contributed by atoms with Crippen LogP contribution in [0.5, 0.6) is 5.75 Å². The first kappa shape index (κ1) is 19.3. The molecule has 0 unspecified atom stereocenters. The van der Waals surface area contributed by atoms with E-state index in [4.69, 9.17) is 20.2 Å². The fraction of sp³-hybridized carbons (Fsp3) is 0.429. The van der Waals surface area contributed by atoms with Gasteiger partial charge in [-0.2, -0.15) is 0 Å². The molecule has 8 nitrogen and oxygen atoms in total. The summed E-state index contributed by atoms with van der Waals surface area (Å²) < 4.78 is 11.0. The van der Waals surface area contributed by atoms with Gasteiger partial charge in [0.25, 0.3) is 0 Å². The number of nitrogen functional groups attached to an aromatic ring is 1. The van der Waals surface area contributed by atoms with Crippen molar-refractivity contribution in [1.29, 1.82) is 0 Å². The molecule has 5 rings (SSSR count). The highest BCUT2D eigenvalue weighted by molar-refractivity contribution is 7.99. The number of hydrogen-bond donors (Lipinski definition) is 1. The number of fused-ring (bicyclic) bond motifs is 1. The molecule has 9 heteroatoms. The highest BCUT2D eigenvalue weighted by atomic mass is 32.2. The first-order valence-electron chi connectivity index (χ1n) is 10.1. The van der Waals surface area contributed by atoms with Crippen molar-refractivity contribution in [3.63, 3.8) is 0 Å². The van der Waals surface area contributed by atoms with Gasteiger partial charge in [0.15, 0.2) is 17.2 Å². The number of methoxy groups -OCH3 is 1. The summed E-state index contributed by atoms with van der Waals surface area (Å²) in [5.74, 6) is 1.84. The third-order valence-electron chi connectivity index (χ3n) is 6.01. The first-order valence-corrected chi connectivity index (χ1v) is 10.9. The van der Waals surface area contributed by atoms with Gasteiger partial charge in [-0.25, -0.2) is 19.9 Å². The lowest BCUT2D eigenvalue weighted by Crippen LogP contribution is -2.40. The summed E-state index contributed by atoms with van der Waals surface area (Å²) in [6, 6.07) is 5.77. The molecule has 2 aliphatic rings. The average Bonchev–Trinajstić information content (AvgIpc) is 3.22. The van der Waals surface area contributed by atoms with E-state index in [9.17, 15) is 0 Å². The van der Waals surface area contributed by atoms with Gasteiger partial charge in [0.1, 0.15) is 16.4 Å². The van der Waals surface area contributed by atoms with E-state index in [1.165, 1.54) is 18.2 Å². The fourth-order valence-electron chi connectivity index (χ4n) is 4.18. The number of anilines is 2. The van der Waals surface area contributed by atoms with Crippen molar-refractivity contribution >= 4 is 34.6 Å². The molecule has 1 spiro atoms. The number of hydrogen-bond acceptors (Lipinski definition) is 9. The van der Waals surface area contributed by atoms with E-state index < -0.39 is 0 Å². The lowest BCUT2D eigenvalue weighted by atomic mass is 9.78. The summed E-state index contributed by atoms with van der Waals surface area (Å²) >= 11 is 1.46. The smallest absolute Gasteiger partial charge is 0.179 e. The number of nitrogens with zero attached hydrogens (tertiary/aromatic N) is 5. The maximum Gasteiger partial charge on any atom is 0.179 e. The van der Waals surface area contributed by atoms with Gasteiger partial charge in [0.05, 0.1) is 24.8 Å². The predicted octanol–water partition coefficient (Wildman–Crippen LogP) is 3.17. The quantitative estimate of drug-likeness (QED) is 0.677. The first-order chi connectivity index (χ1) is 14.7. The number of piperidine rings is 1. The van der Waals surface area contributed by atoms with Crippen LogP contribution in [0.1, 0.15) is 19.3 Å². The SMILES string of the molecule is COc1c(Sc2ccc3nc(N4CCC5(CCOC5)CC4)cnc3n2)ccnc1N. The van der Waals surface area contributed by atoms with E-state index >= 15 is 0 Å². The van der Waals surface area contributed by atoms with Gasteiger partial charge in [-0.15, -0.1) is 0 Å². The van der Waals surface area contributed by atoms with Crippen molar-refractivity contribution < 1.29 is 9.47 Å². The molecule has 0 bridgehead atoms. The average molecular weight is 425 g/mol. The topological polar surface area (TPSA) is 99.3 Å². The lowest BCUT2D eigenvalue weighted by Gasteiger charge is -2.38. The maximum atomic E-state index is 5.90. The Morgan fingerprint density at radius 2 is 2.00 bits per heavy atom. The van der Waals surface area contributed by atoms with Gasteiger partial charge >= 0.3 is 0 Å². The molecule has 0 radical (unpaired) electrons. The molecule has 156 valence electrons. The predicted molar refractivity (Wildman–Crippen MR) is 116 cm³/mol. The van der Waals surface area contributed by atoms with E-state index in [2.05, 4.69) is 19.9 Å². The molecule has 0 saturated carbocycles. The number of rotatable bonds is 4. The largest absolute Gasteiger partial charge is 0.492 e. The molecule has 2 fully saturated rings. The molecule has 0 aliphatic carbocycles. The van der Waals surface area contributed by atoms with E-state index in [0.717, 1.165) is 60.4 Å². The summed E-state index contributed by atoms with van der Waals surface area (Å²) in [7, 11) is 1.58. The van der Waals surface area contributed by atoms with Crippen molar-refractivity contribution in [3.05, 3.63) is 30.6 Å². The van der Waals surface area contributed by atoms with Crippen LogP contribution in [0.2, 0.25) is 0 Å². The highest BCUT2D eigenvalue weighted by Gasteiger charge is 2.38. The molecule has 0 atom stereocenters. The van der Waals surface area contributed by atoms with Crippen LogP contribution < -0.4 is 15.4 Å². The Labute approximate surface area is 179 Å². The Balaban J connectivity index is 1.34. The molecule has 30 heavy (non-hydrogen) atoms. The van der Waals surface area contributed by atoms with Crippen LogP contribution in [0, 0.1) is 5.41 Å². The second kappa shape index (κ2) is 7.88. The van der Waals surface area contributed by atoms with Crippen LogP contribution in [0.3, 0.4) is 0 Å². The maximum absolute atomic E-state index is 5.90. The number of pyridine rings is 2. The van der Waals surface area contributed by atoms with Gasteiger partial charge in [-0.3, -0.25) is 0 Å². The molecule has 3 aromatic rings. The van der Waals surface area contributed by atoms with E-state index in [-0.39, 0.29) is 0 Å². The summed E-state index contributed by atoms with van der Waals surface area (Å²) in [6.07, 6.45) is 6.98. The molecular formula is C21H24N6O2S. The second-order valence-electron chi connectivity index (χ2n) is 7.84. The van der Waals surface area contributed by atoms with Crippen LogP contribution in [-0.4, -0.2) is 53.3 Å². The minimum atomic E-state index is 0.361. The van der Waals surface area contributed by atoms with Crippen molar-refractivity contribution in [2.24, 2.45) is 5.41 Å². The summed E-state index contributed by atoms with van der Waals surface area (Å²) in [5.41, 5.74) is 7.70. The zero-order valence-electron chi connectivity index (χ0n) is 16.9.